The molecule has 0 unspecified atom stereocenters. The quantitative estimate of drug-likeness (QED) is 0.739. The first-order valence-electron chi connectivity index (χ1n) is 6.23. The van der Waals surface area contributed by atoms with Crippen LogP contribution in [0, 0.1) is 5.82 Å². The van der Waals surface area contributed by atoms with Gasteiger partial charge in [-0.2, -0.15) is 0 Å². The smallest absolute Gasteiger partial charge is 0.354 e. The average Bonchev–Trinajstić information content (AvgIpc) is 2.98. The van der Waals surface area contributed by atoms with Gasteiger partial charge in [0, 0.05) is 17.7 Å². The summed E-state index contributed by atoms with van der Waals surface area (Å²) in [5.74, 6) is -0.0978. The van der Waals surface area contributed by atoms with Gasteiger partial charge in [-0.15, -0.1) is 0 Å². The molecule has 0 aliphatic rings. The first-order valence-corrected chi connectivity index (χ1v) is 6.23. The van der Waals surface area contributed by atoms with Crippen LogP contribution in [0.15, 0.2) is 40.8 Å². The largest absolute Gasteiger partial charge is 0.461 e. The number of aromatic nitrogens is 1. The number of nitrogens with one attached hydrogen (secondary N) is 1. The number of halogens is 1. The van der Waals surface area contributed by atoms with Crippen molar-refractivity contribution >= 4 is 17.1 Å². The molecule has 0 aliphatic carbocycles. The van der Waals surface area contributed by atoms with E-state index < -0.39 is 5.97 Å². The molecule has 102 valence electrons. The molecule has 0 amide bonds. The van der Waals surface area contributed by atoms with E-state index in [0.29, 0.717) is 29.2 Å². The Morgan fingerprint density at radius 3 is 2.70 bits per heavy atom. The number of benzene rings is 1. The zero-order chi connectivity index (χ0) is 14.1. The van der Waals surface area contributed by atoms with Crippen LogP contribution < -0.4 is 0 Å². The normalized spacial score (nSPS) is 10.9. The van der Waals surface area contributed by atoms with E-state index in [1.807, 2.05) is 0 Å². The number of fused-ring (bicyclic) bond motifs is 1. The minimum absolute atomic E-state index is 0.296. The van der Waals surface area contributed by atoms with Crippen LogP contribution in [-0.4, -0.2) is 17.6 Å². The number of aromatic amines is 1. The molecule has 0 bridgehead atoms. The molecule has 0 saturated carbocycles. The highest BCUT2D eigenvalue weighted by Crippen LogP contribution is 2.28. The number of hydrogen-bond acceptors (Lipinski definition) is 3. The Morgan fingerprint density at radius 2 is 2.05 bits per heavy atom. The topological polar surface area (TPSA) is 55.2 Å². The van der Waals surface area contributed by atoms with Crippen molar-refractivity contribution in [3.8, 4) is 11.3 Å². The second-order valence-corrected chi connectivity index (χ2v) is 4.30. The molecule has 2 heterocycles. The molecular weight excluding hydrogens is 261 g/mol. The van der Waals surface area contributed by atoms with Crippen LogP contribution in [0.3, 0.4) is 0 Å². The molecule has 3 aromatic rings. The number of hydrogen-bond donors (Lipinski definition) is 1. The maximum atomic E-state index is 12.9. The minimum Gasteiger partial charge on any atom is -0.461 e. The van der Waals surface area contributed by atoms with Gasteiger partial charge in [-0.25, -0.2) is 9.18 Å². The molecule has 2 aromatic heterocycles. The monoisotopic (exact) mass is 273 g/mol. The fraction of sp³-hybridized carbons (Fsp3) is 0.133. The van der Waals surface area contributed by atoms with Crippen LogP contribution in [0.2, 0.25) is 0 Å². The Labute approximate surface area is 114 Å². The van der Waals surface area contributed by atoms with Crippen molar-refractivity contribution in [1.29, 1.82) is 0 Å². The zero-order valence-electron chi connectivity index (χ0n) is 10.8. The molecular formula is C15H12FNO3. The van der Waals surface area contributed by atoms with Crippen LogP contribution in [0.1, 0.15) is 17.4 Å². The van der Waals surface area contributed by atoms with Crippen molar-refractivity contribution in [2.45, 2.75) is 6.92 Å². The predicted molar refractivity (Wildman–Crippen MR) is 71.9 cm³/mol. The van der Waals surface area contributed by atoms with E-state index in [4.69, 9.17) is 9.15 Å². The summed E-state index contributed by atoms with van der Waals surface area (Å²) < 4.78 is 23.4. The van der Waals surface area contributed by atoms with Gasteiger partial charge in [0.1, 0.15) is 17.3 Å². The molecule has 4 nitrogen and oxygen atoms in total. The second-order valence-electron chi connectivity index (χ2n) is 4.30. The van der Waals surface area contributed by atoms with Crippen LogP contribution in [0.5, 0.6) is 0 Å². The summed E-state index contributed by atoms with van der Waals surface area (Å²) in [7, 11) is 0. The molecule has 0 atom stereocenters. The third-order valence-electron chi connectivity index (χ3n) is 2.93. The summed E-state index contributed by atoms with van der Waals surface area (Å²) in [6.45, 7) is 2.07. The summed E-state index contributed by atoms with van der Waals surface area (Å²) >= 11 is 0. The fourth-order valence-corrected chi connectivity index (χ4v) is 2.00. The number of H-pyrrole nitrogens is 1. The highest BCUT2D eigenvalue weighted by atomic mass is 19.1. The molecule has 0 aliphatic heterocycles. The summed E-state index contributed by atoms with van der Waals surface area (Å²) in [4.78, 5) is 14.5. The highest BCUT2D eigenvalue weighted by Gasteiger charge is 2.14. The number of esters is 1. The standard InChI is InChI=1S/C15H12FNO3/c1-2-19-15(18)12-8-14-11(17-12)7-13(20-14)9-3-5-10(16)6-4-9/h3-8,17H,2H2,1H3. The number of carbonyl (C=O) groups excluding carboxylic acids is 1. The predicted octanol–water partition coefficient (Wildman–Crippen LogP) is 3.74. The molecule has 0 fully saturated rings. The minimum atomic E-state index is -0.415. The molecule has 20 heavy (non-hydrogen) atoms. The van der Waals surface area contributed by atoms with Gasteiger partial charge in [0.15, 0.2) is 5.58 Å². The Balaban J connectivity index is 1.94. The van der Waals surface area contributed by atoms with E-state index in [1.165, 1.54) is 12.1 Å². The Kier molecular flexibility index (Phi) is 3.02. The molecule has 0 saturated heterocycles. The fourth-order valence-electron chi connectivity index (χ4n) is 2.00. The second kappa shape index (κ2) is 4.85. The van der Waals surface area contributed by atoms with Crippen molar-refractivity contribution in [3.63, 3.8) is 0 Å². The van der Waals surface area contributed by atoms with Crippen LogP contribution in [0.4, 0.5) is 4.39 Å². The molecule has 0 spiro atoms. The molecule has 1 aromatic carbocycles. The lowest BCUT2D eigenvalue weighted by Crippen LogP contribution is -2.04. The molecule has 0 radical (unpaired) electrons. The maximum absolute atomic E-state index is 12.9. The van der Waals surface area contributed by atoms with Gasteiger partial charge < -0.3 is 14.1 Å². The number of carbonyl (C=O) groups is 1. The van der Waals surface area contributed by atoms with Crippen LogP contribution in [-0.2, 0) is 4.74 Å². The van der Waals surface area contributed by atoms with Crippen molar-refractivity contribution in [2.75, 3.05) is 6.61 Å². The summed E-state index contributed by atoms with van der Waals surface area (Å²) in [6.07, 6.45) is 0. The third-order valence-corrected chi connectivity index (χ3v) is 2.93. The van der Waals surface area contributed by atoms with Gasteiger partial charge in [0.05, 0.1) is 12.1 Å². The van der Waals surface area contributed by atoms with E-state index in [0.717, 1.165) is 5.56 Å². The SMILES string of the molecule is CCOC(=O)c1cc2oc(-c3ccc(F)cc3)cc2[nH]1. The van der Waals surface area contributed by atoms with Gasteiger partial charge in [0.2, 0.25) is 0 Å². The molecule has 3 rings (SSSR count). The molecule has 1 N–H and O–H groups in total. The van der Waals surface area contributed by atoms with Crippen molar-refractivity contribution in [3.05, 3.63) is 47.9 Å². The lowest BCUT2D eigenvalue weighted by Gasteiger charge is -1.97. The van der Waals surface area contributed by atoms with Gasteiger partial charge in [-0.05, 0) is 31.2 Å². The van der Waals surface area contributed by atoms with Crippen molar-refractivity contribution < 1.29 is 18.3 Å². The maximum Gasteiger partial charge on any atom is 0.354 e. The van der Waals surface area contributed by atoms with Gasteiger partial charge >= 0.3 is 5.97 Å². The van der Waals surface area contributed by atoms with Gasteiger partial charge in [-0.1, -0.05) is 0 Å². The zero-order valence-corrected chi connectivity index (χ0v) is 10.8. The Morgan fingerprint density at radius 1 is 1.30 bits per heavy atom. The number of furan rings is 1. The van der Waals surface area contributed by atoms with E-state index in [-0.39, 0.29) is 5.82 Å². The molecule has 5 heteroatoms. The van der Waals surface area contributed by atoms with E-state index in [2.05, 4.69) is 4.98 Å². The lowest BCUT2D eigenvalue weighted by molar-refractivity contribution is 0.0520. The summed E-state index contributed by atoms with van der Waals surface area (Å²) in [5, 5.41) is 0. The average molecular weight is 273 g/mol. The van der Waals surface area contributed by atoms with Crippen molar-refractivity contribution in [1.82, 2.24) is 4.98 Å². The first kappa shape index (κ1) is 12.5. The van der Waals surface area contributed by atoms with Gasteiger partial charge in [-0.3, -0.25) is 0 Å². The van der Waals surface area contributed by atoms with E-state index in [1.54, 1.807) is 31.2 Å². The highest BCUT2D eigenvalue weighted by molar-refractivity contribution is 5.94. The van der Waals surface area contributed by atoms with Crippen molar-refractivity contribution in [2.24, 2.45) is 0 Å². The number of ether oxygens (including phenoxy) is 1. The lowest BCUT2D eigenvalue weighted by atomic mass is 10.2. The summed E-state index contributed by atoms with van der Waals surface area (Å²) in [5.41, 5.74) is 2.39. The van der Waals surface area contributed by atoms with E-state index >= 15 is 0 Å². The first-order chi connectivity index (χ1) is 9.67. The Hall–Kier alpha value is -2.56. The Bertz CT molecular complexity index is 724. The van der Waals surface area contributed by atoms with Gasteiger partial charge in [0.25, 0.3) is 0 Å². The van der Waals surface area contributed by atoms with Crippen LogP contribution in [0.25, 0.3) is 22.4 Å². The van der Waals surface area contributed by atoms with E-state index in [9.17, 15) is 9.18 Å². The summed E-state index contributed by atoms with van der Waals surface area (Å²) in [6, 6.07) is 9.39. The third kappa shape index (κ3) is 2.18. The van der Waals surface area contributed by atoms with Crippen LogP contribution >= 0.6 is 0 Å². The number of rotatable bonds is 3.